The van der Waals surface area contributed by atoms with E-state index in [2.05, 4.69) is 17.1 Å². The van der Waals surface area contributed by atoms with Crippen LogP contribution in [-0.4, -0.2) is 10.1 Å². The van der Waals surface area contributed by atoms with Crippen LogP contribution in [-0.2, 0) is 5.54 Å². The minimum atomic E-state index is -0.439. The van der Waals surface area contributed by atoms with Gasteiger partial charge in [0, 0.05) is 5.56 Å². The Labute approximate surface area is 119 Å². The van der Waals surface area contributed by atoms with Gasteiger partial charge in [0.25, 0.3) is 0 Å². The molecule has 4 nitrogen and oxygen atoms in total. The summed E-state index contributed by atoms with van der Waals surface area (Å²) in [5.74, 6) is 2.01. The zero-order valence-electron chi connectivity index (χ0n) is 11.9. The number of hydrogen-bond acceptors (Lipinski definition) is 4. The molecule has 1 aliphatic rings. The van der Waals surface area contributed by atoms with Gasteiger partial charge in [0.15, 0.2) is 0 Å². The fraction of sp³-hybridized carbons (Fsp3) is 0.500. The lowest BCUT2D eigenvalue weighted by atomic mass is 9.76. The van der Waals surface area contributed by atoms with Gasteiger partial charge in [0.05, 0.1) is 5.54 Å². The second-order valence-corrected chi connectivity index (χ2v) is 5.80. The molecule has 1 heterocycles. The van der Waals surface area contributed by atoms with E-state index in [-0.39, 0.29) is 0 Å². The van der Waals surface area contributed by atoms with Crippen molar-refractivity contribution in [2.75, 3.05) is 0 Å². The van der Waals surface area contributed by atoms with Crippen molar-refractivity contribution in [2.45, 2.75) is 44.6 Å². The summed E-state index contributed by atoms with van der Waals surface area (Å²) in [4.78, 5) is 4.52. The van der Waals surface area contributed by atoms with Crippen molar-refractivity contribution in [3.63, 3.8) is 0 Å². The second-order valence-electron chi connectivity index (χ2n) is 5.80. The zero-order valence-corrected chi connectivity index (χ0v) is 11.9. The van der Waals surface area contributed by atoms with E-state index in [1.807, 2.05) is 30.3 Å². The van der Waals surface area contributed by atoms with Gasteiger partial charge in [-0.3, -0.25) is 0 Å². The predicted octanol–water partition coefficient (Wildman–Crippen LogP) is 3.49. The van der Waals surface area contributed by atoms with Crippen LogP contribution in [0.2, 0.25) is 0 Å². The first-order chi connectivity index (χ1) is 9.71. The Morgan fingerprint density at radius 2 is 1.95 bits per heavy atom. The lowest BCUT2D eigenvalue weighted by molar-refractivity contribution is 0.181. The Bertz CT molecular complexity index is 556. The molecular formula is C16H21N3O. The molecule has 0 bridgehead atoms. The fourth-order valence-corrected chi connectivity index (χ4v) is 2.95. The molecule has 20 heavy (non-hydrogen) atoms. The van der Waals surface area contributed by atoms with Crippen molar-refractivity contribution in [1.82, 2.24) is 10.1 Å². The summed E-state index contributed by atoms with van der Waals surface area (Å²) in [5, 5.41) is 4.08. The molecule has 0 unspecified atom stereocenters. The Morgan fingerprint density at radius 1 is 1.25 bits per heavy atom. The van der Waals surface area contributed by atoms with E-state index < -0.39 is 5.54 Å². The third-order valence-electron chi connectivity index (χ3n) is 4.46. The number of nitrogens with two attached hydrogens (primary N) is 1. The minimum absolute atomic E-state index is 0.439. The molecule has 1 aliphatic carbocycles. The Balaban J connectivity index is 1.80. The molecule has 0 aliphatic heterocycles. The molecule has 0 atom stereocenters. The largest absolute Gasteiger partial charge is 0.337 e. The maximum Gasteiger partial charge on any atom is 0.247 e. The topological polar surface area (TPSA) is 64.9 Å². The quantitative estimate of drug-likeness (QED) is 0.928. The van der Waals surface area contributed by atoms with E-state index in [1.54, 1.807) is 0 Å². The molecule has 106 valence electrons. The first-order valence-corrected chi connectivity index (χ1v) is 7.40. The highest BCUT2D eigenvalue weighted by Gasteiger charge is 2.37. The number of benzene rings is 1. The van der Waals surface area contributed by atoms with Crippen LogP contribution in [0.25, 0.3) is 11.4 Å². The van der Waals surface area contributed by atoms with E-state index in [4.69, 9.17) is 10.3 Å². The monoisotopic (exact) mass is 271 g/mol. The zero-order chi connectivity index (χ0) is 14.0. The Hall–Kier alpha value is -1.68. The molecule has 0 saturated heterocycles. The second kappa shape index (κ2) is 5.37. The minimum Gasteiger partial charge on any atom is -0.337 e. The highest BCUT2D eigenvalue weighted by molar-refractivity contribution is 5.53. The van der Waals surface area contributed by atoms with Crippen molar-refractivity contribution >= 4 is 0 Å². The van der Waals surface area contributed by atoms with Gasteiger partial charge >= 0.3 is 0 Å². The van der Waals surface area contributed by atoms with Crippen LogP contribution in [0, 0.1) is 5.92 Å². The van der Waals surface area contributed by atoms with Crippen molar-refractivity contribution in [3.05, 3.63) is 36.2 Å². The maximum absolute atomic E-state index is 6.49. The van der Waals surface area contributed by atoms with Crippen LogP contribution in [0.1, 0.15) is 44.9 Å². The third-order valence-corrected chi connectivity index (χ3v) is 4.46. The maximum atomic E-state index is 6.49. The van der Waals surface area contributed by atoms with Crippen LogP contribution in [0.4, 0.5) is 0 Å². The molecule has 2 N–H and O–H groups in total. The normalized spacial score (nSPS) is 26.6. The number of rotatable bonds is 3. The van der Waals surface area contributed by atoms with Crippen LogP contribution in [0.5, 0.6) is 0 Å². The first-order valence-electron chi connectivity index (χ1n) is 7.40. The average Bonchev–Trinajstić information content (AvgIpc) is 3.00. The summed E-state index contributed by atoms with van der Waals surface area (Å²) >= 11 is 0. The lowest BCUT2D eigenvalue weighted by Crippen LogP contribution is -2.40. The first kappa shape index (κ1) is 13.3. The smallest absolute Gasteiger partial charge is 0.247 e. The third kappa shape index (κ3) is 2.48. The summed E-state index contributed by atoms with van der Waals surface area (Å²) in [6.07, 6.45) is 5.39. The van der Waals surface area contributed by atoms with Gasteiger partial charge in [-0.15, -0.1) is 0 Å². The summed E-state index contributed by atoms with van der Waals surface area (Å²) < 4.78 is 5.44. The number of aromatic nitrogens is 2. The molecule has 2 aromatic rings. The number of hydrogen-bond donors (Lipinski definition) is 1. The predicted molar refractivity (Wildman–Crippen MR) is 77.8 cm³/mol. The molecular weight excluding hydrogens is 250 g/mol. The van der Waals surface area contributed by atoms with E-state index in [9.17, 15) is 0 Å². The van der Waals surface area contributed by atoms with Crippen molar-refractivity contribution < 1.29 is 4.52 Å². The van der Waals surface area contributed by atoms with Crippen LogP contribution < -0.4 is 5.73 Å². The van der Waals surface area contributed by atoms with E-state index in [1.165, 1.54) is 6.42 Å². The highest BCUT2D eigenvalue weighted by Crippen LogP contribution is 2.38. The van der Waals surface area contributed by atoms with Crippen molar-refractivity contribution in [1.29, 1.82) is 0 Å². The van der Waals surface area contributed by atoms with Crippen molar-refractivity contribution in [3.8, 4) is 11.4 Å². The molecule has 4 heteroatoms. The molecule has 0 amide bonds. The van der Waals surface area contributed by atoms with Crippen LogP contribution >= 0.6 is 0 Å². The average molecular weight is 271 g/mol. The molecule has 1 fully saturated rings. The molecule has 3 rings (SSSR count). The number of nitrogens with zero attached hydrogens (tertiary/aromatic N) is 2. The SMILES string of the molecule is CCC1CCC(N)(c2nc(-c3ccccc3)no2)CC1. The highest BCUT2D eigenvalue weighted by atomic mass is 16.5. The van der Waals surface area contributed by atoms with E-state index in [0.29, 0.717) is 11.7 Å². The lowest BCUT2D eigenvalue weighted by Gasteiger charge is -2.33. The fourth-order valence-electron chi connectivity index (χ4n) is 2.95. The summed E-state index contributed by atoms with van der Waals surface area (Å²) in [6, 6.07) is 9.87. The van der Waals surface area contributed by atoms with Crippen LogP contribution in [0.3, 0.4) is 0 Å². The molecule has 1 aromatic heterocycles. The Morgan fingerprint density at radius 3 is 2.60 bits per heavy atom. The molecule has 1 aromatic carbocycles. The van der Waals surface area contributed by atoms with Gasteiger partial charge in [-0.1, -0.05) is 48.8 Å². The van der Waals surface area contributed by atoms with Gasteiger partial charge < -0.3 is 10.3 Å². The van der Waals surface area contributed by atoms with Gasteiger partial charge in [-0.25, -0.2) is 0 Å². The summed E-state index contributed by atoms with van der Waals surface area (Å²) in [6.45, 7) is 2.24. The Kier molecular flexibility index (Phi) is 3.57. The summed E-state index contributed by atoms with van der Waals surface area (Å²) in [5.41, 5.74) is 7.02. The van der Waals surface area contributed by atoms with E-state index >= 15 is 0 Å². The van der Waals surface area contributed by atoms with E-state index in [0.717, 1.165) is 37.2 Å². The molecule has 0 radical (unpaired) electrons. The molecule has 1 saturated carbocycles. The standard InChI is InChI=1S/C16H21N3O/c1-2-12-8-10-16(17,11-9-12)15-18-14(19-20-15)13-6-4-3-5-7-13/h3-7,12H,2,8-11,17H2,1H3. The molecule has 0 spiro atoms. The van der Waals surface area contributed by atoms with Gasteiger partial charge in [0.1, 0.15) is 0 Å². The van der Waals surface area contributed by atoms with Crippen molar-refractivity contribution in [2.24, 2.45) is 11.7 Å². The summed E-state index contributed by atoms with van der Waals surface area (Å²) in [7, 11) is 0. The van der Waals surface area contributed by atoms with Gasteiger partial charge in [0.2, 0.25) is 11.7 Å². The van der Waals surface area contributed by atoms with Gasteiger partial charge in [-0.2, -0.15) is 4.98 Å². The van der Waals surface area contributed by atoms with Gasteiger partial charge in [-0.05, 0) is 31.6 Å². The van der Waals surface area contributed by atoms with Crippen LogP contribution in [0.15, 0.2) is 34.9 Å².